The van der Waals surface area contributed by atoms with Crippen LogP contribution in [-0.2, 0) is 26.2 Å². The second-order valence-electron chi connectivity index (χ2n) is 6.66. The monoisotopic (exact) mass is 455 g/mol. The quantitative estimate of drug-likeness (QED) is 0.662. The Bertz CT molecular complexity index is 1010. The van der Waals surface area contributed by atoms with E-state index < -0.39 is 40.2 Å². The summed E-state index contributed by atoms with van der Waals surface area (Å²) >= 11 is 5.89. The Morgan fingerprint density at radius 2 is 1.73 bits per heavy atom. The molecule has 0 saturated heterocycles. The van der Waals surface area contributed by atoms with E-state index in [-0.39, 0.29) is 12.2 Å². The van der Waals surface area contributed by atoms with E-state index in [1.54, 1.807) is 24.3 Å². The molecule has 0 saturated carbocycles. The van der Waals surface area contributed by atoms with E-state index in [0.717, 1.165) is 12.3 Å². The van der Waals surface area contributed by atoms with E-state index in [2.05, 4.69) is 5.32 Å². The van der Waals surface area contributed by atoms with Crippen molar-refractivity contribution in [1.29, 1.82) is 0 Å². The van der Waals surface area contributed by atoms with Crippen LogP contribution in [0.15, 0.2) is 48.5 Å². The van der Waals surface area contributed by atoms with Crippen LogP contribution in [0.3, 0.4) is 0 Å². The van der Waals surface area contributed by atoms with E-state index in [0.29, 0.717) is 14.9 Å². The van der Waals surface area contributed by atoms with E-state index in [1.165, 1.54) is 37.1 Å². The fourth-order valence-electron chi connectivity index (χ4n) is 2.83. The number of hydrogen-bond donors (Lipinski definition) is 1. The van der Waals surface area contributed by atoms with E-state index in [4.69, 9.17) is 11.6 Å². The average molecular weight is 456 g/mol. The second-order valence-corrected chi connectivity index (χ2v) is 9.00. The number of benzene rings is 2. The van der Waals surface area contributed by atoms with Crippen LogP contribution in [0, 0.1) is 5.82 Å². The van der Waals surface area contributed by atoms with Gasteiger partial charge in [-0.15, -0.1) is 0 Å². The van der Waals surface area contributed by atoms with Gasteiger partial charge in [-0.05, 0) is 36.8 Å². The number of carbonyl (C=O) groups excluding carboxylic acids is 2. The molecule has 30 heavy (non-hydrogen) atoms. The van der Waals surface area contributed by atoms with Gasteiger partial charge >= 0.3 is 0 Å². The van der Waals surface area contributed by atoms with Gasteiger partial charge in [-0.3, -0.25) is 13.9 Å². The summed E-state index contributed by atoms with van der Waals surface area (Å²) in [7, 11) is -2.53. The van der Waals surface area contributed by atoms with Crippen molar-refractivity contribution in [3.63, 3.8) is 0 Å². The maximum absolute atomic E-state index is 14.2. The number of hydrogen-bond acceptors (Lipinski definition) is 4. The van der Waals surface area contributed by atoms with Crippen molar-refractivity contribution in [2.24, 2.45) is 0 Å². The summed E-state index contributed by atoms with van der Waals surface area (Å²) in [5.74, 6) is -1.86. The zero-order valence-electron chi connectivity index (χ0n) is 16.8. The highest BCUT2D eigenvalue weighted by Gasteiger charge is 2.30. The predicted molar refractivity (Wildman–Crippen MR) is 114 cm³/mol. The Labute approximate surface area is 180 Å². The van der Waals surface area contributed by atoms with Crippen molar-refractivity contribution in [1.82, 2.24) is 10.2 Å². The predicted octanol–water partition coefficient (Wildman–Crippen LogP) is 2.41. The first kappa shape index (κ1) is 23.6. The lowest BCUT2D eigenvalue weighted by Gasteiger charge is -2.31. The lowest BCUT2D eigenvalue weighted by molar-refractivity contribution is -0.139. The zero-order chi connectivity index (χ0) is 22.5. The van der Waals surface area contributed by atoms with Crippen LogP contribution in [0.1, 0.15) is 12.5 Å². The van der Waals surface area contributed by atoms with E-state index >= 15 is 0 Å². The van der Waals surface area contributed by atoms with Gasteiger partial charge in [-0.25, -0.2) is 12.8 Å². The summed E-state index contributed by atoms with van der Waals surface area (Å²) in [6.07, 6.45) is 0.887. The molecule has 0 fully saturated rings. The Morgan fingerprint density at radius 1 is 1.13 bits per heavy atom. The molecule has 0 bridgehead atoms. The molecule has 0 unspecified atom stereocenters. The van der Waals surface area contributed by atoms with Gasteiger partial charge < -0.3 is 10.2 Å². The molecule has 0 radical (unpaired) electrons. The normalized spacial score (nSPS) is 12.2. The Balaban J connectivity index is 2.38. The molecular weight excluding hydrogens is 433 g/mol. The molecule has 0 aliphatic carbocycles. The first-order valence-corrected chi connectivity index (χ1v) is 11.2. The van der Waals surface area contributed by atoms with Crippen LogP contribution in [0.2, 0.25) is 5.02 Å². The molecule has 162 valence electrons. The van der Waals surface area contributed by atoms with Crippen molar-refractivity contribution in [2.45, 2.75) is 19.5 Å². The molecule has 2 amide bonds. The molecule has 0 aromatic heterocycles. The minimum Gasteiger partial charge on any atom is -0.357 e. The number of anilines is 1. The van der Waals surface area contributed by atoms with Gasteiger partial charge in [0.2, 0.25) is 21.8 Å². The molecule has 0 aliphatic rings. The smallest absolute Gasteiger partial charge is 0.244 e. The second kappa shape index (κ2) is 9.90. The molecule has 0 aliphatic heterocycles. The minimum absolute atomic E-state index is 0.0411. The number of amides is 2. The van der Waals surface area contributed by atoms with Crippen molar-refractivity contribution < 1.29 is 22.4 Å². The molecular formula is C20H23ClFN3O4S. The van der Waals surface area contributed by atoms with Crippen LogP contribution in [0.4, 0.5) is 10.1 Å². The largest absolute Gasteiger partial charge is 0.357 e. The van der Waals surface area contributed by atoms with Crippen LogP contribution < -0.4 is 9.62 Å². The molecule has 7 nitrogen and oxygen atoms in total. The fourth-order valence-corrected chi connectivity index (χ4v) is 3.80. The fraction of sp³-hybridized carbons (Fsp3) is 0.300. The van der Waals surface area contributed by atoms with Crippen molar-refractivity contribution >= 4 is 39.1 Å². The number of halogens is 2. The summed E-state index contributed by atoms with van der Waals surface area (Å²) in [6.45, 7) is 0.911. The van der Waals surface area contributed by atoms with Crippen LogP contribution in [-0.4, -0.2) is 51.0 Å². The highest BCUT2D eigenvalue weighted by molar-refractivity contribution is 7.92. The van der Waals surface area contributed by atoms with Gasteiger partial charge in [-0.2, -0.15) is 0 Å². The number of sulfonamides is 1. The van der Waals surface area contributed by atoms with Crippen LogP contribution >= 0.6 is 11.6 Å². The maximum atomic E-state index is 14.2. The molecule has 2 rings (SSSR count). The third-order valence-electron chi connectivity index (χ3n) is 4.48. The topological polar surface area (TPSA) is 86.8 Å². The number of para-hydroxylation sites is 1. The number of nitrogens with one attached hydrogen (secondary N) is 1. The number of nitrogens with zero attached hydrogens (tertiary/aromatic N) is 2. The summed E-state index contributed by atoms with van der Waals surface area (Å²) in [6, 6.07) is 11.1. The first-order chi connectivity index (χ1) is 14.0. The molecule has 1 N–H and O–H groups in total. The minimum atomic E-state index is -3.97. The van der Waals surface area contributed by atoms with Crippen LogP contribution in [0.5, 0.6) is 0 Å². The number of likely N-dealkylation sites (N-methyl/N-ethyl adjacent to an activating group) is 1. The zero-order valence-corrected chi connectivity index (χ0v) is 18.4. The Morgan fingerprint density at radius 3 is 2.27 bits per heavy atom. The highest BCUT2D eigenvalue weighted by atomic mass is 35.5. The average Bonchev–Trinajstić information content (AvgIpc) is 2.70. The molecule has 0 heterocycles. The van der Waals surface area contributed by atoms with Gasteiger partial charge in [0.15, 0.2) is 0 Å². The Kier molecular flexibility index (Phi) is 7.80. The number of rotatable bonds is 8. The van der Waals surface area contributed by atoms with Crippen molar-refractivity contribution in [3.8, 4) is 0 Å². The Hall–Kier alpha value is -2.65. The lowest BCUT2D eigenvalue weighted by atomic mass is 10.1. The molecule has 10 heteroatoms. The molecule has 1 atom stereocenters. The van der Waals surface area contributed by atoms with Gasteiger partial charge in [-0.1, -0.05) is 35.9 Å². The number of carbonyl (C=O) groups is 2. The molecule has 2 aromatic rings. The van der Waals surface area contributed by atoms with Gasteiger partial charge in [0, 0.05) is 18.6 Å². The van der Waals surface area contributed by atoms with Crippen LogP contribution in [0.25, 0.3) is 0 Å². The summed E-state index contributed by atoms with van der Waals surface area (Å²) in [5.41, 5.74) is 0.452. The van der Waals surface area contributed by atoms with Crippen molar-refractivity contribution in [2.75, 3.05) is 24.2 Å². The third kappa shape index (κ3) is 5.93. The van der Waals surface area contributed by atoms with E-state index in [1.807, 2.05) is 0 Å². The van der Waals surface area contributed by atoms with Gasteiger partial charge in [0.05, 0.1) is 11.9 Å². The maximum Gasteiger partial charge on any atom is 0.244 e. The molecule has 2 aromatic carbocycles. The summed E-state index contributed by atoms with van der Waals surface area (Å²) < 4.78 is 39.5. The highest BCUT2D eigenvalue weighted by Crippen LogP contribution is 2.22. The SMILES string of the molecule is CNC(=O)[C@H](C)N(Cc1ccc(Cl)cc1)C(=O)CN(c1ccccc1F)S(C)(=O)=O. The lowest BCUT2D eigenvalue weighted by Crippen LogP contribution is -2.50. The van der Waals surface area contributed by atoms with E-state index in [9.17, 15) is 22.4 Å². The van der Waals surface area contributed by atoms with Gasteiger partial charge in [0.1, 0.15) is 18.4 Å². The summed E-state index contributed by atoms with van der Waals surface area (Å²) in [4.78, 5) is 26.5. The third-order valence-corrected chi connectivity index (χ3v) is 5.86. The van der Waals surface area contributed by atoms with Crippen molar-refractivity contribution in [3.05, 3.63) is 64.9 Å². The standard InChI is InChI=1S/C20H23ClFN3O4S/c1-14(20(27)23-2)24(12-15-8-10-16(21)11-9-15)19(26)13-25(30(3,28)29)18-7-5-4-6-17(18)22/h4-11,14H,12-13H2,1-3H3,(H,23,27)/t14-/m0/s1. The summed E-state index contributed by atoms with van der Waals surface area (Å²) in [5, 5.41) is 2.99. The first-order valence-electron chi connectivity index (χ1n) is 9.02. The molecule has 0 spiro atoms. The van der Waals surface area contributed by atoms with Gasteiger partial charge in [0.25, 0.3) is 0 Å².